The van der Waals surface area contributed by atoms with E-state index in [2.05, 4.69) is 10.2 Å². The van der Waals surface area contributed by atoms with Crippen molar-refractivity contribution in [3.8, 4) is 0 Å². The Balaban J connectivity index is 1.61. The molecule has 3 heterocycles. The van der Waals surface area contributed by atoms with E-state index in [1.807, 2.05) is 6.92 Å². The second kappa shape index (κ2) is 10.5. The van der Waals surface area contributed by atoms with Gasteiger partial charge < -0.3 is 19.4 Å². The molecule has 4 rings (SSSR count). The smallest absolute Gasteiger partial charge is 0.338 e. The number of hydrogen-bond donors (Lipinski definition) is 1. The predicted octanol–water partition coefficient (Wildman–Crippen LogP) is 3.29. The molecule has 2 atom stereocenters. The summed E-state index contributed by atoms with van der Waals surface area (Å²) >= 11 is 6.05. The maximum Gasteiger partial charge on any atom is 0.338 e. The van der Waals surface area contributed by atoms with E-state index in [9.17, 15) is 14.4 Å². The quantitative estimate of drug-likeness (QED) is 0.611. The number of furan rings is 1. The van der Waals surface area contributed by atoms with Gasteiger partial charge in [-0.2, -0.15) is 0 Å². The zero-order chi connectivity index (χ0) is 25.1. The number of ether oxygens (including phenoxy) is 1. The fourth-order valence-corrected chi connectivity index (χ4v) is 4.66. The molecule has 9 nitrogen and oxygen atoms in total. The molecule has 0 saturated carbocycles. The third kappa shape index (κ3) is 5.21. The van der Waals surface area contributed by atoms with Crippen LogP contribution in [0.1, 0.15) is 36.0 Å². The summed E-state index contributed by atoms with van der Waals surface area (Å²) in [4.78, 5) is 44.2. The number of piperazine rings is 1. The largest absolute Gasteiger partial charge is 0.463 e. The standard InChI is InChI=1S/C25H29ClN4O5/c1-4-34-24(32)21-19(28(3)25(33)27-22(21)17-7-9-18(26)10-8-17)15-29-11-12-30(16(2)14-29)23(31)20-6-5-13-35-20/h5-10,13,16,22H,4,11-12,14-15H2,1-3H3,(H,27,33)/t16-,22+/m0/s1. The summed E-state index contributed by atoms with van der Waals surface area (Å²) in [6, 6.07) is 9.32. The molecule has 1 saturated heterocycles. The Hall–Kier alpha value is -3.30. The monoisotopic (exact) mass is 500 g/mol. The summed E-state index contributed by atoms with van der Waals surface area (Å²) in [6.45, 7) is 5.95. The summed E-state index contributed by atoms with van der Waals surface area (Å²) in [6.07, 6.45) is 1.48. The second-order valence-electron chi connectivity index (χ2n) is 8.63. The molecule has 2 aromatic rings. The van der Waals surface area contributed by atoms with E-state index in [0.29, 0.717) is 48.2 Å². The van der Waals surface area contributed by atoms with Crippen molar-refractivity contribution in [1.29, 1.82) is 0 Å². The van der Waals surface area contributed by atoms with Gasteiger partial charge in [0.1, 0.15) is 0 Å². The van der Waals surface area contributed by atoms with Crippen LogP contribution in [-0.4, -0.2) is 78.5 Å². The van der Waals surface area contributed by atoms with Crippen molar-refractivity contribution in [3.05, 3.63) is 70.3 Å². The van der Waals surface area contributed by atoms with Crippen LogP contribution in [0.3, 0.4) is 0 Å². The third-order valence-electron chi connectivity index (χ3n) is 6.35. The van der Waals surface area contributed by atoms with Crippen LogP contribution >= 0.6 is 11.6 Å². The fourth-order valence-electron chi connectivity index (χ4n) is 4.54. The van der Waals surface area contributed by atoms with Crippen molar-refractivity contribution in [2.24, 2.45) is 0 Å². The molecule has 35 heavy (non-hydrogen) atoms. The molecule has 0 aliphatic carbocycles. The highest BCUT2D eigenvalue weighted by Gasteiger charge is 2.38. The molecule has 1 aromatic heterocycles. The summed E-state index contributed by atoms with van der Waals surface area (Å²) in [5.41, 5.74) is 1.70. The van der Waals surface area contributed by atoms with Crippen LogP contribution in [0.25, 0.3) is 0 Å². The average molecular weight is 501 g/mol. The number of nitrogens with zero attached hydrogens (tertiary/aromatic N) is 3. The summed E-state index contributed by atoms with van der Waals surface area (Å²) < 4.78 is 10.7. The molecule has 186 valence electrons. The number of carbonyl (C=O) groups is 3. The van der Waals surface area contributed by atoms with E-state index in [-0.39, 0.29) is 24.6 Å². The van der Waals surface area contributed by atoms with E-state index in [1.165, 1.54) is 11.2 Å². The first-order valence-electron chi connectivity index (χ1n) is 11.6. The van der Waals surface area contributed by atoms with Gasteiger partial charge in [0.25, 0.3) is 5.91 Å². The number of hydrogen-bond acceptors (Lipinski definition) is 6. The number of halogens is 1. The van der Waals surface area contributed by atoms with E-state index < -0.39 is 12.0 Å². The maximum atomic E-state index is 13.1. The minimum absolute atomic E-state index is 0.0808. The zero-order valence-corrected chi connectivity index (χ0v) is 20.7. The lowest BCUT2D eigenvalue weighted by Gasteiger charge is -2.42. The van der Waals surface area contributed by atoms with Crippen LogP contribution in [-0.2, 0) is 9.53 Å². The van der Waals surface area contributed by atoms with Crippen molar-refractivity contribution in [2.75, 3.05) is 39.8 Å². The molecular formula is C25H29ClN4O5. The van der Waals surface area contributed by atoms with Gasteiger partial charge in [0.15, 0.2) is 5.76 Å². The lowest BCUT2D eigenvalue weighted by molar-refractivity contribution is -0.139. The molecule has 0 unspecified atom stereocenters. The van der Waals surface area contributed by atoms with Crippen molar-refractivity contribution in [3.63, 3.8) is 0 Å². The molecule has 3 amide bonds. The SMILES string of the molecule is CCOC(=O)C1=C(CN2CCN(C(=O)c3ccco3)[C@@H](C)C2)N(C)C(=O)N[C@@H]1c1ccc(Cl)cc1. The molecular weight excluding hydrogens is 472 g/mol. The van der Waals surface area contributed by atoms with Crippen LogP contribution in [0.5, 0.6) is 0 Å². The molecule has 10 heteroatoms. The number of benzene rings is 1. The van der Waals surface area contributed by atoms with Gasteiger partial charge in [0.2, 0.25) is 0 Å². The van der Waals surface area contributed by atoms with Gasteiger partial charge in [-0.1, -0.05) is 23.7 Å². The predicted molar refractivity (Wildman–Crippen MR) is 130 cm³/mol. The van der Waals surface area contributed by atoms with Crippen molar-refractivity contribution >= 4 is 29.5 Å². The van der Waals surface area contributed by atoms with E-state index >= 15 is 0 Å². The van der Waals surface area contributed by atoms with Gasteiger partial charge >= 0.3 is 12.0 Å². The van der Waals surface area contributed by atoms with Gasteiger partial charge in [-0.15, -0.1) is 0 Å². The topological polar surface area (TPSA) is 95.3 Å². The number of carbonyl (C=O) groups excluding carboxylic acids is 3. The van der Waals surface area contributed by atoms with Crippen LogP contribution in [0.4, 0.5) is 4.79 Å². The van der Waals surface area contributed by atoms with Crippen molar-refractivity contribution < 1.29 is 23.5 Å². The molecule has 0 spiro atoms. The number of esters is 1. The Bertz CT molecular complexity index is 1120. The first-order chi connectivity index (χ1) is 16.8. The summed E-state index contributed by atoms with van der Waals surface area (Å²) in [5, 5.41) is 3.47. The van der Waals surface area contributed by atoms with Gasteiger partial charge in [-0.3, -0.25) is 14.6 Å². The molecule has 2 aliphatic heterocycles. The van der Waals surface area contributed by atoms with E-state index in [4.69, 9.17) is 20.8 Å². The normalized spacial score (nSPS) is 21.2. The molecule has 1 aromatic carbocycles. The Morgan fingerprint density at radius 2 is 1.94 bits per heavy atom. The van der Waals surface area contributed by atoms with Crippen LogP contribution in [0.15, 0.2) is 58.3 Å². The Morgan fingerprint density at radius 1 is 1.20 bits per heavy atom. The summed E-state index contributed by atoms with van der Waals surface area (Å²) in [5.74, 6) is -0.313. The Morgan fingerprint density at radius 3 is 2.57 bits per heavy atom. The number of urea groups is 1. The Labute approximate surface area is 209 Å². The fraction of sp³-hybridized carbons (Fsp3) is 0.400. The third-order valence-corrected chi connectivity index (χ3v) is 6.61. The van der Waals surface area contributed by atoms with Gasteiger partial charge in [0.05, 0.1) is 24.5 Å². The lowest BCUT2D eigenvalue weighted by Crippen LogP contribution is -2.56. The minimum atomic E-state index is -0.663. The van der Waals surface area contributed by atoms with Gasteiger partial charge in [-0.25, -0.2) is 9.59 Å². The second-order valence-corrected chi connectivity index (χ2v) is 9.07. The number of nitrogens with one attached hydrogen (secondary N) is 1. The minimum Gasteiger partial charge on any atom is -0.463 e. The lowest BCUT2D eigenvalue weighted by atomic mass is 9.94. The highest BCUT2D eigenvalue weighted by molar-refractivity contribution is 6.30. The van der Waals surface area contributed by atoms with Crippen molar-refractivity contribution in [2.45, 2.75) is 25.9 Å². The Kier molecular flexibility index (Phi) is 7.47. The van der Waals surface area contributed by atoms with Crippen LogP contribution < -0.4 is 5.32 Å². The molecule has 0 radical (unpaired) electrons. The van der Waals surface area contributed by atoms with Crippen LogP contribution in [0, 0.1) is 0 Å². The summed E-state index contributed by atoms with van der Waals surface area (Å²) in [7, 11) is 1.64. The molecule has 1 fully saturated rings. The van der Waals surface area contributed by atoms with E-state index in [1.54, 1.807) is 55.3 Å². The van der Waals surface area contributed by atoms with E-state index in [0.717, 1.165) is 5.56 Å². The first kappa shape index (κ1) is 24.8. The molecule has 0 bridgehead atoms. The highest BCUT2D eigenvalue weighted by Crippen LogP contribution is 2.32. The number of amides is 3. The maximum absolute atomic E-state index is 13.1. The zero-order valence-electron chi connectivity index (χ0n) is 20.0. The average Bonchev–Trinajstić information content (AvgIpc) is 3.37. The molecule has 1 N–H and O–H groups in total. The van der Waals surface area contributed by atoms with Gasteiger partial charge in [-0.05, 0) is 43.7 Å². The van der Waals surface area contributed by atoms with Crippen LogP contribution in [0.2, 0.25) is 5.02 Å². The highest BCUT2D eigenvalue weighted by atomic mass is 35.5. The molecule has 2 aliphatic rings. The van der Waals surface area contributed by atoms with Gasteiger partial charge in [0, 0.05) is 50.0 Å². The number of likely N-dealkylation sites (N-methyl/N-ethyl adjacent to an activating group) is 1. The first-order valence-corrected chi connectivity index (χ1v) is 11.9. The van der Waals surface area contributed by atoms with Crippen molar-refractivity contribution in [1.82, 2.24) is 20.0 Å². The number of rotatable bonds is 6.